The van der Waals surface area contributed by atoms with Crippen molar-refractivity contribution < 1.29 is 14.3 Å². The summed E-state index contributed by atoms with van der Waals surface area (Å²) >= 11 is 1.47. The molecule has 0 aliphatic rings. The third-order valence-corrected chi connectivity index (χ3v) is 3.43. The number of ether oxygens (including phenoxy) is 1. The average molecular weight is 317 g/mol. The van der Waals surface area contributed by atoms with Gasteiger partial charge in [0.25, 0.3) is 0 Å². The lowest BCUT2D eigenvalue weighted by molar-refractivity contribution is -0.111. The Bertz CT molecular complexity index is 666. The Morgan fingerprint density at radius 2 is 2.05 bits per heavy atom. The first kappa shape index (κ1) is 15.7. The lowest BCUT2D eigenvalue weighted by atomic mass is 10.2. The second-order valence-electron chi connectivity index (χ2n) is 4.31. The van der Waals surface area contributed by atoms with Crippen molar-refractivity contribution in [3.8, 4) is 0 Å². The molecule has 1 heterocycles. The molecule has 7 heteroatoms. The van der Waals surface area contributed by atoms with E-state index in [9.17, 15) is 9.59 Å². The number of carbonyl (C=O) groups excluding carboxylic acids is 2. The quantitative estimate of drug-likeness (QED) is 0.880. The average Bonchev–Trinajstić information content (AvgIpc) is 3.05. The van der Waals surface area contributed by atoms with E-state index in [2.05, 4.69) is 15.0 Å². The highest BCUT2D eigenvalue weighted by Crippen LogP contribution is 2.17. The summed E-state index contributed by atoms with van der Waals surface area (Å²) in [6, 6.07) is 6.86. The Hall–Kier alpha value is -2.67. The Morgan fingerprint density at radius 1 is 1.32 bits per heavy atom. The van der Waals surface area contributed by atoms with E-state index in [4.69, 9.17) is 0 Å². The number of carbonyl (C=O) groups is 2. The predicted octanol–water partition coefficient (Wildman–Crippen LogP) is 3.00. The van der Waals surface area contributed by atoms with E-state index in [1.165, 1.54) is 29.4 Å². The Labute approximate surface area is 132 Å². The van der Waals surface area contributed by atoms with Crippen molar-refractivity contribution in [1.29, 1.82) is 0 Å². The summed E-state index contributed by atoms with van der Waals surface area (Å²) in [5.41, 5.74) is 3.75. The third-order valence-electron chi connectivity index (χ3n) is 2.83. The smallest absolute Gasteiger partial charge is 0.413 e. The zero-order chi connectivity index (χ0) is 15.9. The van der Waals surface area contributed by atoms with E-state index < -0.39 is 6.09 Å². The molecule has 0 fully saturated rings. The van der Waals surface area contributed by atoms with E-state index in [0.29, 0.717) is 11.4 Å². The maximum absolute atomic E-state index is 11.8. The summed E-state index contributed by atoms with van der Waals surface area (Å²) in [4.78, 5) is 28.6. The first-order valence-electron chi connectivity index (χ1n) is 6.39. The van der Waals surface area contributed by atoms with Gasteiger partial charge in [0.2, 0.25) is 5.91 Å². The van der Waals surface area contributed by atoms with E-state index in [1.54, 1.807) is 42.9 Å². The lowest BCUT2D eigenvalue weighted by Crippen LogP contribution is -2.25. The number of nitrogens with zero attached hydrogens (tertiary/aromatic N) is 2. The van der Waals surface area contributed by atoms with Crippen LogP contribution < -0.4 is 10.2 Å². The largest absolute Gasteiger partial charge is 0.452 e. The number of benzene rings is 1. The minimum absolute atomic E-state index is 0.248. The van der Waals surface area contributed by atoms with Crippen LogP contribution in [0.3, 0.4) is 0 Å². The van der Waals surface area contributed by atoms with Gasteiger partial charge in [-0.1, -0.05) is 0 Å². The van der Waals surface area contributed by atoms with Gasteiger partial charge in [0, 0.05) is 29.9 Å². The van der Waals surface area contributed by atoms with Crippen molar-refractivity contribution in [2.45, 2.75) is 0 Å². The summed E-state index contributed by atoms with van der Waals surface area (Å²) in [6.45, 7) is 0. The van der Waals surface area contributed by atoms with Crippen molar-refractivity contribution in [3.05, 3.63) is 46.9 Å². The Morgan fingerprint density at radius 3 is 2.64 bits per heavy atom. The third kappa shape index (κ3) is 4.16. The van der Waals surface area contributed by atoms with Gasteiger partial charge in [-0.15, -0.1) is 11.3 Å². The fourth-order valence-corrected chi connectivity index (χ4v) is 2.18. The van der Waals surface area contributed by atoms with Gasteiger partial charge in [-0.05, 0) is 30.3 Å². The summed E-state index contributed by atoms with van der Waals surface area (Å²) in [6.07, 6.45) is 2.61. The molecule has 6 nitrogen and oxygen atoms in total. The van der Waals surface area contributed by atoms with Crippen LogP contribution in [0.1, 0.15) is 5.69 Å². The molecule has 2 aromatic rings. The summed E-state index contributed by atoms with van der Waals surface area (Å²) < 4.78 is 4.63. The van der Waals surface area contributed by atoms with Gasteiger partial charge in [0.1, 0.15) is 0 Å². The number of rotatable bonds is 4. The van der Waals surface area contributed by atoms with Crippen molar-refractivity contribution in [2.75, 3.05) is 24.4 Å². The highest BCUT2D eigenvalue weighted by atomic mass is 32.1. The van der Waals surface area contributed by atoms with Crippen molar-refractivity contribution >= 4 is 40.8 Å². The molecule has 0 bridgehead atoms. The van der Waals surface area contributed by atoms with E-state index in [-0.39, 0.29) is 5.91 Å². The summed E-state index contributed by atoms with van der Waals surface area (Å²) in [7, 11) is 2.93. The van der Waals surface area contributed by atoms with Crippen LogP contribution in [0.15, 0.2) is 41.2 Å². The normalized spacial score (nSPS) is 10.5. The topological polar surface area (TPSA) is 71.5 Å². The molecule has 0 unspecified atom stereocenters. The number of nitrogens with one attached hydrogen (secondary N) is 1. The second kappa shape index (κ2) is 7.37. The minimum Gasteiger partial charge on any atom is -0.452 e. The van der Waals surface area contributed by atoms with Gasteiger partial charge < -0.3 is 10.1 Å². The number of aromatic nitrogens is 1. The zero-order valence-corrected chi connectivity index (χ0v) is 13.0. The molecule has 22 heavy (non-hydrogen) atoms. The first-order chi connectivity index (χ1) is 10.6. The minimum atomic E-state index is -0.456. The SMILES string of the molecule is COC(=O)N(C)c1ccc(NC(=O)/C=C\c2cscn2)cc1. The van der Waals surface area contributed by atoms with Gasteiger partial charge in [-0.25, -0.2) is 9.78 Å². The van der Waals surface area contributed by atoms with Crippen LogP contribution >= 0.6 is 11.3 Å². The van der Waals surface area contributed by atoms with Gasteiger partial charge in [-0.3, -0.25) is 9.69 Å². The van der Waals surface area contributed by atoms with Crippen molar-refractivity contribution in [3.63, 3.8) is 0 Å². The fraction of sp³-hybridized carbons (Fsp3) is 0.133. The lowest BCUT2D eigenvalue weighted by Gasteiger charge is -2.15. The van der Waals surface area contributed by atoms with E-state index in [1.807, 2.05) is 5.38 Å². The molecule has 1 aromatic heterocycles. The standard InChI is InChI=1S/C15H15N3O3S/c1-18(15(20)21-2)13-6-3-11(4-7-13)17-14(19)8-5-12-9-22-10-16-12/h3-10H,1-2H3,(H,17,19)/b8-5-. The van der Waals surface area contributed by atoms with E-state index >= 15 is 0 Å². The monoisotopic (exact) mass is 317 g/mol. The molecule has 0 aliphatic carbocycles. The Kier molecular flexibility index (Phi) is 5.26. The van der Waals surface area contributed by atoms with E-state index in [0.717, 1.165) is 5.69 Å². The molecule has 0 spiro atoms. The van der Waals surface area contributed by atoms with Crippen LogP contribution in [0.4, 0.5) is 16.2 Å². The number of hydrogen-bond acceptors (Lipinski definition) is 5. The van der Waals surface area contributed by atoms with Crippen LogP contribution in [-0.2, 0) is 9.53 Å². The van der Waals surface area contributed by atoms with Gasteiger partial charge in [0.05, 0.1) is 18.3 Å². The molecule has 2 amide bonds. The summed E-state index contributed by atoms with van der Waals surface area (Å²) in [5, 5.41) is 4.58. The molecule has 1 N–H and O–H groups in total. The zero-order valence-electron chi connectivity index (χ0n) is 12.1. The van der Waals surface area contributed by atoms with Crippen molar-refractivity contribution in [2.24, 2.45) is 0 Å². The predicted molar refractivity (Wildman–Crippen MR) is 87.0 cm³/mol. The number of amides is 2. The van der Waals surface area contributed by atoms with Gasteiger partial charge >= 0.3 is 6.09 Å². The molecule has 0 aliphatic heterocycles. The van der Waals surface area contributed by atoms with Crippen LogP contribution in [0, 0.1) is 0 Å². The molecule has 0 saturated carbocycles. The summed E-state index contributed by atoms with van der Waals surface area (Å²) in [5.74, 6) is -0.248. The van der Waals surface area contributed by atoms with Crippen LogP contribution in [0.5, 0.6) is 0 Å². The number of methoxy groups -OCH3 is 1. The van der Waals surface area contributed by atoms with Crippen LogP contribution in [0.2, 0.25) is 0 Å². The first-order valence-corrected chi connectivity index (χ1v) is 7.33. The maximum Gasteiger partial charge on any atom is 0.413 e. The molecule has 0 radical (unpaired) electrons. The fourth-order valence-electron chi connectivity index (χ4n) is 1.66. The van der Waals surface area contributed by atoms with Crippen LogP contribution in [-0.4, -0.2) is 31.1 Å². The molecular weight excluding hydrogens is 302 g/mol. The number of hydrogen-bond donors (Lipinski definition) is 1. The van der Waals surface area contributed by atoms with Gasteiger partial charge in [-0.2, -0.15) is 0 Å². The highest BCUT2D eigenvalue weighted by Gasteiger charge is 2.10. The highest BCUT2D eigenvalue weighted by molar-refractivity contribution is 7.07. The van der Waals surface area contributed by atoms with Crippen molar-refractivity contribution in [1.82, 2.24) is 4.98 Å². The van der Waals surface area contributed by atoms with Gasteiger partial charge in [0.15, 0.2) is 0 Å². The number of anilines is 2. The van der Waals surface area contributed by atoms with Crippen LogP contribution in [0.25, 0.3) is 6.08 Å². The second-order valence-corrected chi connectivity index (χ2v) is 5.03. The molecule has 2 rings (SSSR count). The Balaban J connectivity index is 1.96. The molecular formula is C15H15N3O3S. The maximum atomic E-state index is 11.8. The molecule has 114 valence electrons. The number of thiazole rings is 1. The molecule has 0 atom stereocenters. The molecule has 0 saturated heterocycles. The molecule has 1 aromatic carbocycles.